The summed E-state index contributed by atoms with van der Waals surface area (Å²) in [6.07, 6.45) is 2.15. The van der Waals surface area contributed by atoms with E-state index in [2.05, 4.69) is 36.3 Å². The summed E-state index contributed by atoms with van der Waals surface area (Å²) in [6.45, 7) is 6.12. The number of nitrogens with zero attached hydrogens (tertiary/aromatic N) is 1. The van der Waals surface area contributed by atoms with Crippen molar-refractivity contribution in [1.29, 1.82) is 0 Å². The molecule has 3 aromatic rings. The molecule has 1 N–H and O–H groups in total. The number of hydrogen-bond acceptors (Lipinski definition) is 5. The number of carbonyl (C=O) groups is 1. The van der Waals surface area contributed by atoms with Gasteiger partial charge in [-0.2, -0.15) is 0 Å². The van der Waals surface area contributed by atoms with Crippen LogP contribution in [0.1, 0.15) is 39.9 Å². The van der Waals surface area contributed by atoms with E-state index in [1.54, 1.807) is 12.1 Å². The number of hydrogen-bond donors (Lipinski definition) is 1. The molecule has 0 radical (unpaired) electrons. The van der Waals surface area contributed by atoms with E-state index >= 15 is 0 Å². The van der Waals surface area contributed by atoms with Gasteiger partial charge in [0.05, 0.1) is 0 Å². The van der Waals surface area contributed by atoms with Crippen LogP contribution < -0.4 is 14.8 Å². The Balaban J connectivity index is 1.24. The monoisotopic (exact) mass is 488 g/mol. The molecule has 0 spiro atoms. The molecule has 0 aliphatic carbocycles. The molecule has 1 aliphatic heterocycles. The van der Waals surface area contributed by atoms with E-state index in [1.165, 1.54) is 5.56 Å². The van der Waals surface area contributed by atoms with Gasteiger partial charge in [0.2, 0.25) is 0 Å². The van der Waals surface area contributed by atoms with Crippen LogP contribution in [0.25, 0.3) is 0 Å². The third-order valence-electron chi connectivity index (χ3n) is 6.46. The minimum atomic E-state index is -0.139. The number of likely N-dealkylation sites (N-methyl/N-ethyl adjacent to an activating group) is 1. The van der Waals surface area contributed by atoms with Crippen molar-refractivity contribution in [2.45, 2.75) is 39.0 Å². The smallest absolute Gasteiger partial charge is 0.251 e. The van der Waals surface area contributed by atoms with E-state index in [1.807, 2.05) is 48.5 Å². The van der Waals surface area contributed by atoms with Crippen LogP contribution >= 0.6 is 0 Å². The first kappa shape index (κ1) is 25.7. The summed E-state index contributed by atoms with van der Waals surface area (Å²) in [7, 11) is 2.15. The highest BCUT2D eigenvalue weighted by molar-refractivity contribution is 5.94. The molecular formula is C30H36N2O4. The van der Waals surface area contributed by atoms with Gasteiger partial charge in [0.15, 0.2) is 0 Å². The highest BCUT2D eigenvalue weighted by Gasteiger charge is 2.18. The van der Waals surface area contributed by atoms with E-state index in [4.69, 9.17) is 14.2 Å². The summed E-state index contributed by atoms with van der Waals surface area (Å²) < 4.78 is 17.3. The molecule has 1 saturated heterocycles. The Hall–Kier alpha value is -3.35. The first-order valence-electron chi connectivity index (χ1n) is 12.6. The van der Waals surface area contributed by atoms with Crippen molar-refractivity contribution in [3.63, 3.8) is 0 Å². The molecule has 6 heteroatoms. The number of nitrogens with one attached hydrogen (secondary N) is 1. The second-order valence-electron chi connectivity index (χ2n) is 9.31. The van der Waals surface area contributed by atoms with Gasteiger partial charge in [-0.25, -0.2) is 0 Å². The molecule has 190 valence electrons. The van der Waals surface area contributed by atoms with Gasteiger partial charge in [0.25, 0.3) is 5.91 Å². The van der Waals surface area contributed by atoms with Crippen molar-refractivity contribution >= 4 is 5.91 Å². The van der Waals surface area contributed by atoms with E-state index in [0.29, 0.717) is 37.1 Å². The van der Waals surface area contributed by atoms with Gasteiger partial charge in [-0.05, 0) is 68.3 Å². The minimum absolute atomic E-state index is 0.139. The van der Waals surface area contributed by atoms with Crippen LogP contribution in [0.2, 0.25) is 0 Å². The molecule has 1 heterocycles. The lowest BCUT2D eigenvalue weighted by atomic mass is 10.1. The Morgan fingerprint density at radius 3 is 2.47 bits per heavy atom. The van der Waals surface area contributed by atoms with Crippen molar-refractivity contribution in [3.8, 4) is 11.5 Å². The maximum absolute atomic E-state index is 12.8. The molecule has 3 aromatic carbocycles. The average Bonchev–Trinajstić information content (AvgIpc) is 2.91. The third-order valence-corrected chi connectivity index (χ3v) is 6.46. The molecule has 0 bridgehead atoms. The lowest BCUT2D eigenvalue weighted by molar-refractivity contribution is 0.0392. The number of rotatable bonds is 11. The number of aryl methyl sites for hydroxylation is 1. The van der Waals surface area contributed by atoms with Gasteiger partial charge < -0.3 is 19.5 Å². The minimum Gasteiger partial charge on any atom is -0.492 e. The maximum Gasteiger partial charge on any atom is 0.251 e. The standard InChI is InChI=1S/C30H36N2O4/c1-23-6-3-8-25(18-23)22-36-29-11-5-9-26(20-29)30(33)31-21-24-7-4-10-28(19-24)35-17-14-32(2)27-12-15-34-16-13-27/h3-11,18-20,27H,12-17,21-22H2,1-2H3,(H,31,33). The summed E-state index contributed by atoms with van der Waals surface area (Å²) in [4.78, 5) is 15.1. The zero-order valence-electron chi connectivity index (χ0n) is 21.2. The molecule has 0 unspecified atom stereocenters. The van der Waals surface area contributed by atoms with Crippen molar-refractivity contribution < 1.29 is 19.0 Å². The van der Waals surface area contributed by atoms with Crippen LogP contribution in [-0.4, -0.2) is 50.3 Å². The van der Waals surface area contributed by atoms with Crippen LogP contribution in [0.4, 0.5) is 0 Å². The highest BCUT2D eigenvalue weighted by atomic mass is 16.5. The highest BCUT2D eigenvalue weighted by Crippen LogP contribution is 2.18. The number of carbonyl (C=O) groups excluding carboxylic acids is 1. The Morgan fingerprint density at radius 1 is 0.944 bits per heavy atom. The molecule has 1 aliphatic rings. The third kappa shape index (κ3) is 7.83. The van der Waals surface area contributed by atoms with Gasteiger partial charge in [0, 0.05) is 37.9 Å². The predicted octanol–water partition coefficient (Wildman–Crippen LogP) is 4.99. The van der Waals surface area contributed by atoms with Gasteiger partial charge in [-0.3, -0.25) is 9.69 Å². The Labute approximate surface area is 214 Å². The quantitative estimate of drug-likeness (QED) is 0.412. The van der Waals surface area contributed by atoms with Crippen molar-refractivity contribution in [2.75, 3.05) is 33.4 Å². The molecular weight excluding hydrogens is 452 g/mol. The van der Waals surface area contributed by atoms with Gasteiger partial charge in [-0.15, -0.1) is 0 Å². The van der Waals surface area contributed by atoms with Crippen LogP contribution in [-0.2, 0) is 17.9 Å². The fourth-order valence-corrected chi connectivity index (χ4v) is 4.34. The molecule has 6 nitrogen and oxygen atoms in total. The topological polar surface area (TPSA) is 60.0 Å². The van der Waals surface area contributed by atoms with E-state index in [0.717, 1.165) is 49.5 Å². The van der Waals surface area contributed by atoms with Gasteiger partial charge in [0.1, 0.15) is 24.7 Å². The number of benzene rings is 3. The zero-order chi connectivity index (χ0) is 25.2. The number of amides is 1. The summed E-state index contributed by atoms with van der Waals surface area (Å²) in [6, 6.07) is 23.9. The van der Waals surface area contributed by atoms with Crippen molar-refractivity contribution in [2.24, 2.45) is 0 Å². The molecule has 36 heavy (non-hydrogen) atoms. The summed E-state index contributed by atoms with van der Waals surface area (Å²) in [5.41, 5.74) is 3.86. The second-order valence-corrected chi connectivity index (χ2v) is 9.31. The van der Waals surface area contributed by atoms with Crippen LogP contribution in [0.15, 0.2) is 72.8 Å². The molecule has 0 saturated carbocycles. The second kappa shape index (κ2) is 13.1. The lowest BCUT2D eigenvalue weighted by Gasteiger charge is -2.31. The maximum atomic E-state index is 12.8. The Morgan fingerprint density at radius 2 is 1.67 bits per heavy atom. The van der Waals surface area contributed by atoms with E-state index in [-0.39, 0.29) is 5.91 Å². The largest absolute Gasteiger partial charge is 0.492 e. The van der Waals surface area contributed by atoms with Crippen molar-refractivity contribution in [3.05, 3.63) is 95.1 Å². The van der Waals surface area contributed by atoms with Crippen LogP contribution in [0, 0.1) is 6.92 Å². The Kier molecular flexibility index (Phi) is 9.36. The fraction of sp³-hybridized carbons (Fsp3) is 0.367. The van der Waals surface area contributed by atoms with Gasteiger partial charge in [-0.1, -0.05) is 48.0 Å². The van der Waals surface area contributed by atoms with Gasteiger partial charge >= 0.3 is 0 Å². The van der Waals surface area contributed by atoms with Crippen LogP contribution in [0.3, 0.4) is 0 Å². The lowest BCUT2D eigenvalue weighted by Crippen LogP contribution is -2.38. The summed E-state index contributed by atoms with van der Waals surface area (Å²) in [5, 5.41) is 3.00. The summed E-state index contributed by atoms with van der Waals surface area (Å²) >= 11 is 0. The SMILES string of the molecule is Cc1cccc(COc2cccc(C(=O)NCc3cccc(OCCN(C)C4CCOCC4)c3)c2)c1. The molecule has 4 rings (SSSR count). The predicted molar refractivity (Wildman–Crippen MR) is 142 cm³/mol. The molecule has 1 fully saturated rings. The first-order valence-corrected chi connectivity index (χ1v) is 12.6. The van der Waals surface area contributed by atoms with Crippen molar-refractivity contribution in [1.82, 2.24) is 10.2 Å². The van der Waals surface area contributed by atoms with Crippen LogP contribution in [0.5, 0.6) is 11.5 Å². The zero-order valence-corrected chi connectivity index (χ0v) is 21.2. The Bertz CT molecular complexity index is 1130. The molecule has 0 atom stereocenters. The first-order chi connectivity index (χ1) is 17.6. The normalized spacial score (nSPS) is 14.0. The fourth-order valence-electron chi connectivity index (χ4n) is 4.34. The molecule has 0 aromatic heterocycles. The van der Waals surface area contributed by atoms with E-state index in [9.17, 15) is 4.79 Å². The average molecular weight is 489 g/mol. The summed E-state index contributed by atoms with van der Waals surface area (Å²) in [5.74, 6) is 1.35. The van der Waals surface area contributed by atoms with E-state index < -0.39 is 0 Å². The molecule has 1 amide bonds. The number of ether oxygens (including phenoxy) is 3.